The van der Waals surface area contributed by atoms with Gasteiger partial charge in [-0.15, -0.1) is 0 Å². The van der Waals surface area contributed by atoms with Gasteiger partial charge in [-0.2, -0.15) is 18.4 Å². The molecule has 1 rings (SSSR count). The first kappa shape index (κ1) is 14.5. The number of alkyl halides is 3. The number of rotatable bonds is 5. The van der Waals surface area contributed by atoms with Gasteiger partial charge in [-0.05, 0) is 18.6 Å². The molecule has 1 aromatic rings. The van der Waals surface area contributed by atoms with Crippen LogP contribution >= 0.6 is 0 Å². The zero-order valence-corrected chi connectivity index (χ0v) is 9.43. The lowest BCUT2D eigenvalue weighted by Gasteiger charge is -2.07. The third-order valence-electron chi connectivity index (χ3n) is 2.19. The summed E-state index contributed by atoms with van der Waals surface area (Å²) in [6.45, 7) is -0.186. The summed E-state index contributed by atoms with van der Waals surface area (Å²) in [5.74, 6) is -0.593. The molecule has 0 radical (unpaired) electrons. The maximum atomic E-state index is 13.3. The fraction of sp³-hybridized carbons (Fsp3) is 0.417. The summed E-state index contributed by atoms with van der Waals surface area (Å²) in [5.41, 5.74) is 0.411. The van der Waals surface area contributed by atoms with Crippen molar-refractivity contribution in [1.82, 2.24) is 0 Å². The van der Waals surface area contributed by atoms with E-state index in [1.54, 1.807) is 6.07 Å². The minimum Gasteiger partial charge on any atom is -0.377 e. The Morgan fingerprint density at radius 1 is 1.28 bits per heavy atom. The van der Waals surface area contributed by atoms with Crippen molar-refractivity contribution < 1.29 is 22.3 Å². The van der Waals surface area contributed by atoms with Crippen LogP contribution in [0.5, 0.6) is 0 Å². The van der Waals surface area contributed by atoms with Crippen molar-refractivity contribution in [3.8, 4) is 6.07 Å². The second-order valence-electron chi connectivity index (χ2n) is 3.69. The first-order valence-corrected chi connectivity index (χ1v) is 5.25. The van der Waals surface area contributed by atoms with Crippen molar-refractivity contribution in [3.05, 3.63) is 35.1 Å². The molecule has 0 spiro atoms. The predicted octanol–water partition coefficient (Wildman–Crippen LogP) is 3.56. The molecule has 0 N–H and O–H groups in total. The van der Waals surface area contributed by atoms with E-state index in [1.807, 2.05) is 0 Å². The number of halogens is 4. The summed E-state index contributed by atoms with van der Waals surface area (Å²) in [4.78, 5) is 0. The van der Waals surface area contributed by atoms with E-state index in [9.17, 15) is 17.6 Å². The van der Waals surface area contributed by atoms with Crippen molar-refractivity contribution in [1.29, 1.82) is 5.26 Å². The first-order chi connectivity index (χ1) is 8.42. The van der Waals surface area contributed by atoms with Gasteiger partial charge in [-0.3, -0.25) is 0 Å². The smallest absolute Gasteiger partial charge is 0.377 e. The minimum absolute atomic E-state index is 0.0844. The van der Waals surface area contributed by atoms with Gasteiger partial charge in [0.05, 0.1) is 18.2 Å². The quantitative estimate of drug-likeness (QED) is 0.599. The molecule has 0 aromatic heterocycles. The molecular weight excluding hydrogens is 250 g/mol. The molecule has 0 saturated heterocycles. The molecule has 1 aromatic carbocycles. The van der Waals surface area contributed by atoms with E-state index >= 15 is 0 Å². The predicted molar refractivity (Wildman–Crippen MR) is 56.1 cm³/mol. The maximum absolute atomic E-state index is 13.3. The summed E-state index contributed by atoms with van der Waals surface area (Å²) in [5, 5.41) is 8.52. The van der Waals surface area contributed by atoms with Gasteiger partial charge in [0.1, 0.15) is 5.82 Å². The third kappa shape index (κ3) is 5.15. The van der Waals surface area contributed by atoms with Crippen molar-refractivity contribution in [2.75, 3.05) is 6.61 Å². The van der Waals surface area contributed by atoms with Crippen LogP contribution in [-0.4, -0.2) is 12.8 Å². The third-order valence-corrected chi connectivity index (χ3v) is 2.19. The Labute approximate surface area is 102 Å². The summed E-state index contributed by atoms with van der Waals surface area (Å²) < 4.78 is 53.7. The van der Waals surface area contributed by atoms with Crippen LogP contribution in [0.4, 0.5) is 17.6 Å². The molecule has 0 fully saturated rings. The van der Waals surface area contributed by atoms with Crippen LogP contribution in [0.3, 0.4) is 0 Å². The molecule has 0 aliphatic heterocycles. The maximum Gasteiger partial charge on any atom is 0.389 e. The van der Waals surface area contributed by atoms with Gasteiger partial charge in [-0.1, -0.05) is 6.07 Å². The van der Waals surface area contributed by atoms with Crippen LogP contribution in [0.15, 0.2) is 18.2 Å². The standard InChI is InChI=1S/C12H11F4NO/c13-11-6-9(7-17)2-3-10(11)8-18-5-1-4-12(14,15)16/h2-3,6H,1,4-5,8H2. The largest absolute Gasteiger partial charge is 0.389 e. The number of nitriles is 1. The zero-order valence-electron chi connectivity index (χ0n) is 9.43. The molecule has 18 heavy (non-hydrogen) atoms. The van der Waals surface area contributed by atoms with Crippen LogP contribution in [-0.2, 0) is 11.3 Å². The number of hydrogen-bond donors (Lipinski definition) is 0. The average Bonchev–Trinajstić information content (AvgIpc) is 2.29. The van der Waals surface area contributed by atoms with Crippen molar-refractivity contribution in [2.24, 2.45) is 0 Å². The van der Waals surface area contributed by atoms with E-state index in [0.717, 1.165) is 6.07 Å². The van der Waals surface area contributed by atoms with Gasteiger partial charge >= 0.3 is 6.18 Å². The fourth-order valence-electron chi connectivity index (χ4n) is 1.29. The van der Waals surface area contributed by atoms with Crippen molar-refractivity contribution in [2.45, 2.75) is 25.6 Å². The van der Waals surface area contributed by atoms with Gasteiger partial charge in [-0.25, -0.2) is 4.39 Å². The molecule has 6 heteroatoms. The minimum atomic E-state index is -4.19. The van der Waals surface area contributed by atoms with E-state index in [4.69, 9.17) is 10.00 Å². The fourth-order valence-corrected chi connectivity index (χ4v) is 1.29. The van der Waals surface area contributed by atoms with Crippen LogP contribution in [0.2, 0.25) is 0 Å². The molecule has 0 bridgehead atoms. The molecule has 98 valence electrons. The Hall–Kier alpha value is -1.61. The van der Waals surface area contributed by atoms with E-state index in [1.165, 1.54) is 12.1 Å². The van der Waals surface area contributed by atoms with Gasteiger partial charge in [0.25, 0.3) is 0 Å². The van der Waals surface area contributed by atoms with E-state index < -0.39 is 18.4 Å². The number of hydrogen-bond acceptors (Lipinski definition) is 2. The number of ether oxygens (including phenoxy) is 1. The highest BCUT2D eigenvalue weighted by Gasteiger charge is 2.25. The molecule has 0 saturated carbocycles. The molecule has 0 aliphatic rings. The molecular formula is C12H11F4NO. The SMILES string of the molecule is N#Cc1ccc(COCCCC(F)(F)F)c(F)c1. The van der Waals surface area contributed by atoms with E-state index in [2.05, 4.69) is 0 Å². The van der Waals surface area contributed by atoms with Gasteiger partial charge in [0.15, 0.2) is 0 Å². The van der Waals surface area contributed by atoms with Gasteiger partial charge in [0, 0.05) is 18.6 Å². The van der Waals surface area contributed by atoms with Crippen LogP contribution in [0, 0.1) is 17.1 Å². The molecule has 0 aliphatic carbocycles. The monoisotopic (exact) mass is 261 g/mol. The Morgan fingerprint density at radius 2 is 2.00 bits per heavy atom. The summed E-state index contributed by atoms with van der Waals surface area (Å²) in [7, 11) is 0. The molecule has 0 heterocycles. The Bertz CT molecular complexity index is 437. The summed E-state index contributed by atoms with van der Waals surface area (Å²) >= 11 is 0. The Balaban J connectivity index is 2.34. The topological polar surface area (TPSA) is 33.0 Å². The lowest BCUT2D eigenvalue weighted by Crippen LogP contribution is -2.09. The van der Waals surface area contributed by atoms with E-state index in [-0.39, 0.29) is 30.8 Å². The highest BCUT2D eigenvalue weighted by Crippen LogP contribution is 2.21. The molecule has 0 atom stereocenters. The zero-order chi connectivity index (χ0) is 13.6. The molecule has 2 nitrogen and oxygen atoms in total. The number of nitrogens with zero attached hydrogens (tertiary/aromatic N) is 1. The highest BCUT2D eigenvalue weighted by molar-refractivity contribution is 5.32. The van der Waals surface area contributed by atoms with Crippen LogP contribution < -0.4 is 0 Å². The average molecular weight is 261 g/mol. The molecule has 0 amide bonds. The lowest BCUT2D eigenvalue weighted by molar-refractivity contribution is -0.138. The lowest BCUT2D eigenvalue weighted by atomic mass is 10.1. The Morgan fingerprint density at radius 3 is 2.56 bits per heavy atom. The summed E-state index contributed by atoms with van der Waals surface area (Å²) in [6, 6.07) is 5.66. The Kier molecular flexibility index (Phi) is 5.10. The van der Waals surface area contributed by atoms with Gasteiger partial charge < -0.3 is 4.74 Å². The van der Waals surface area contributed by atoms with E-state index in [0.29, 0.717) is 0 Å². The summed E-state index contributed by atoms with van der Waals surface area (Å²) in [6.07, 6.45) is -5.26. The normalized spacial score (nSPS) is 11.3. The van der Waals surface area contributed by atoms with Gasteiger partial charge in [0.2, 0.25) is 0 Å². The van der Waals surface area contributed by atoms with Crippen LogP contribution in [0.1, 0.15) is 24.0 Å². The molecule has 0 unspecified atom stereocenters. The number of benzene rings is 1. The van der Waals surface area contributed by atoms with Crippen molar-refractivity contribution >= 4 is 0 Å². The van der Waals surface area contributed by atoms with Crippen LogP contribution in [0.25, 0.3) is 0 Å². The highest BCUT2D eigenvalue weighted by atomic mass is 19.4. The second-order valence-corrected chi connectivity index (χ2v) is 3.69. The second kappa shape index (κ2) is 6.36. The van der Waals surface area contributed by atoms with Crippen molar-refractivity contribution in [3.63, 3.8) is 0 Å². The first-order valence-electron chi connectivity index (χ1n) is 5.25.